The van der Waals surface area contributed by atoms with Crippen LogP contribution in [0.15, 0.2) is 66.7 Å². The molecular weight excluding hydrogens is 454 g/mol. The van der Waals surface area contributed by atoms with Crippen molar-refractivity contribution < 1.29 is 23.7 Å². The van der Waals surface area contributed by atoms with Crippen molar-refractivity contribution in [2.75, 3.05) is 52.9 Å². The minimum atomic E-state index is 0.416. The molecule has 4 aromatic carbocycles. The maximum Gasteiger partial charge on any atom is 0.161 e. The third-order valence-corrected chi connectivity index (χ3v) is 6.26. The fourth-order valence-corrected chi connectivity index (χ4v) is 4.59. The molecular formula is C30H29NO5. The third-order valence-electron chi connectivity index (χ3n) is 6.26. The van der Waals surface area contributed by atoms with Gasteiger partial charge in [0.15, 0.2) is 11.5 Å². The standard InChI is InChI=1S/C30H29NO5/c31-21-28-25-7-3-1-5-23(25)27(24-6-2-4-8-26(24)28)19-22-9-10-29-30(20-22)36-18-16-34-14-12-32-11-13-33-15-17-35-29/h1-10,20H,11-19H2. The summed E-state index contributed by atoms with van der Waals surface area (Å²) in [6.45, 7) is 3.91. The molecule has 0 unspecified atom stereocenters. The second-order valence-corrected chi connectivity index (χ2v) is 8.55. The molecule has 184 valence electrons. The highest BCUT2D eigenvalue weighted by atomic mass is 16.6. The van der Waals surface area contributed by atoms with E-state index in [9.17, 15) is 5.26 Å². The monoisotopic (exact) mass is 483 g/mol. The van der Waals surface area contributed by atoms with Crippen molar-refractivity contribution in [3.8, 4) is 17.6 Å². The Bertz CT molecular complexity index is 1320. The van der Waals surface area contributed by atoms with Crippen molar-refractivity contribution in [1.29, 1.82) is 5.26 Å². The molecule has 1 aliphatic rings. The van der Waals surface area contributed by atoms with Crippen LogP contribution in [-0.4, -0.2) is 52.9 Å². The number of rotatable bonds is 2. The van der Waals surface area contributed by atoms with Crippen molar-refractivity contribution in [2.24, 2.45) is 0 Å². The molecule has 1 aliphatic heterocycles. The third kappa shape index (κ3) is 5.44. The topological polar surface area (TPSA) is 69.9 Å². The van der Waals surface area contributed by atoms with Crippen LogP contribution in [0.1, 0.15) is 16.7 Å². The highest BCUT2D eigenvalue weighted by molar-refractivity contribution is 6.07. The van der Waals surface area contributed by atoms with E-state index in [1.807, 2.05) is 48.5 Å². The average molecular weight is 484 g/mol. The second-order valence-electron chi connectivity index (χ2n) is 8.55. The van der Waals surface area contributed by atoms with Crippen molar-refractivity contribution in [3.63, 3.8) is 0 Å². The smallest absolute Gasteiger partial charge is 0.161 e. The Morgan fingerprint density at radius 1 is 0.583 bits per heavy atom. The van der Waals surface area contributed by atoms with Crippen LogP contribution in [0.25, 0.3) is 21.5 Å². The van der Waals surface area contributed by atoms with Gasteiger partial charge in [0.25, 0.3) is 0 Å². The van der Waals surface area contributed by atoms with E-state index >= 15 is 0 Å². The summed E-state index contributed by atoms with van der Waals surface area (Å²) in [5.74, 6) is 1.37. The van der Waals surface area contributed by atoms with Gasteiger partial charge in [0.05, 0.1) is 45.2 Å². The zero-order valence-corrected chi connectivity index (χ0v) is 20.2. The summed E-state index contributed by atoms with van der Waals surface area (Å²) in [6.07, 6.45) is 0.695. The number of nitriles is 1. The summed E-state index contributed by atoms with van der Waals surface area (Å²) in [7, 11) is 0. The first kappa shape index (κ1) is 24.1. The Kier molecular flexibility index (Phi) is 7.94. The van der Waals surface area contributed by atoms with Crippen LogP contribution < -0.4 is 9.47 Å². The Morgan fingerprint density at radius 3 is 1.64 bits per heavy atom. The van der Waals surface area contributed by atoms with E-state index in [4.69, 9.17) is 23.7 Å². The van der Waals surface area contributed by atoms with Gasteiger partial charge in [0.1, 0.15) is 19.3 Å². The molecule has 5 rings (SSSR count). The van der Waals surface area contributed by atoms with Gasteiger partial charge in [0.2, 0.25) is 0 Å². The molecule has 0 bridgehead atoms. The van der Waals surface area contributed by atoms with E-state index in [-0.39, 0.29) is 0 Å². The second kappa shape index (κ2) is 11.9. The minimum absolute atomic E-state index is 0.416. The molecule has 4 aromatic rings. The fraction of sp³-hybridized carbons (Fsp3) is 0.300. The molecule has 6 heteroatoms. The Balaban J connectivity index is 1.48. The predicted molar refractivity (Wildman–Crippen MR) is 139 cm³/mol. The van der Waals surface area contributed by atoms with E-state index in [1.54, 1.807) is 0 Å². The number of fused-ring (bicyclic) bond motifs is 3. The first-order valence-corrected chi connectivity index (χ1v) is 12.3. The van der Waals surface area contributed by atoms with Crippen LogP contribution in [0.2, 0.25) is 0 Å². The molecule has 0 saturated heterocycles. The molecule has 0 radical (unpaired) electrons. The summed E-state index contributed by atoms with van der Waals surface area (Å²) in [6, 6.07) is 24.8. The molecule has 0 spiro atoms. The zero-order chi connectivity index (χ0) is 24.6. The molecule has 0 fully saturated rings. The van der Waals surface area contributed by atoms with Gasteiger partial charge in [0, 0.05) is 10.8 Å². The number of ether oxygens (including phenoxy) is 5. The van der Waals surface area contributed by atoms with Gasteiger partial charge in [-0.2, -0.15) is 5.26 Å². The fourth-order valence-electron chi connectivity index (χ4n) is 4.59. The van der Waals surface area contributed by atoms with Crippen molar-refractivity contribution in [3.05, 3.63) is 83.4 Å². The zero-order valence-electron chi connectivity index (χ0n) is 20.2. The molecule has 6 nitrogen and oxygen atoms in total. The lowest BCUT2D eigenvalue weighted by atomic mass is 9.89. The predicted octanol–water partition coefficient (Wildman–Crippen LogP) is 5.28. The van der Waals surface area contributed by atoms with Crippen LogP contribution in [-0.2, 0) is 20.6 Å². The molecule has 0 N–H and O–H groups in total. The summed E-state index contributed by atoms with van der Waals surface area (Å²) < 4.78 is 28.7. The molecule has 36 heavy (non-hydrogen) atoms. The van der Waals surface area contributed by atoms with Gasteiger partial charge in [-0.15, -0.1) is 0 Å². The summed E-state index contributed by atoms with van der Waals surface area (Å²) in [5.41, 5.74) is 3.00. The lowest BCUT2D eigenvalue weighted by Crippen LogP contribution is -2.13. The Labute approximate surface area is 210 Å². The first-order chi connectivity index (χ1) is 17.8. The van der Waals surface area contributed by atoms with E-state index in [0.717, 1.165) is 27.1 Å². The first-order valence-electron chi connectivity index (χ1n) is 12.3. The highest BCUT2D eigenvalue weighted by Crippen LogP contribution is 2.35. The minimum Gasteiger partial charge on any atom is -0.487 e. The van der Waals surface area contributed by atoms with Gasteiger partial charge in [-0.1, -0.05) is 54.6 Å². The van der Waals surface area contributed by atoms with Gasteiger partial charge in [-0.25, -0.2) is 0 Å². The number of nitrogens with zero attached hydrogens (tertiary/aromatic N) is 1. The van der Waals surface area contributed by atoms with Crippen LogP contribution >= 0.6 is 0 Å². The summed E-state index contributed by atoms with van der Waals surface area (Å²) in [4.78, 5) is 0. The molecule has 0 aromatic heterocycles. The van der Waals surface area contributed by atoms with Crippen molar-refractivity contribution in [1.82, 2.24) is 0 Å². The largest absolute Gasteiger partial charge is 0.487 e. The van der Waals surface area contributed by atoms with Crippen molar-refractivity contribution in [2.45, 2.75) is 6.42 Å². The summed E-state index contributed by atoms with van der Waals surface area (Å²) in [5, 5.41) is 14.1. The molecule has 0 amide bonds. The van der Waals surface area contributed by atoms with Crippen LogP contribution in [0.5, 0.6) is 11.5 Å². The van der Waals surface area contributed by atoms with Crippen LogP contribution in [0.3, 0.4) is 0 Å². The van der Waals surface area contributed by atoms with Crippen LogP contribution in [0.4, 0.5) is 0 Å². The molecule has 0 saturated carbocycles. The summed E-state index contributed by atoms with van der Waals surface area (Å²) >= 11 is 0. The normalized spacial score (nSPS) is 15.6. The van der Waals surface area contributed by atoms with Gasteiger partial charge in [-0.3, -0.25) is 0 Å². The Hall–Kier alpha value is -3.63. The molecule has 1 heterocycles. The van der Waals surface area contributed by atoms with Gasteiger partial charge in [-0.05, 0) is 40.5 Å². The lowest BCUT2D eigenvalue weighted by molar-refractivity contribution is 0.00708. The Morgan fingerprint density at radius 2 is 1.08 bits per heavy atom. The van der Waals surface area contributed by atoms with Gasteiger partial charge < -0.3 is 23.7 Å². The molecule has 0 atom stereocenters. The van der Waals surface area contributed by atoms with E-state index < -0.39 is 0 Å². The van der Waals surface area contributed by atoms with E-state index in [2.05, 4.69) is 24.3 Å². The van der Waals surface area contributed by atoms with Crippen molar-refractivity contribution >= 4 is 21.5 Å². The number of hydrogen-bond donors (Lipinski definition) is 0. The average Bonchev–Trinajstić information content (AvgIpc) is 2.92. The van der Waals surface area contributed by atoms with E-state index in [1.165, 1.54) is 5.56 Å². The van der Waals surface area contributed by atoms with Gasteiger partial charge >= 0.3 is 0 Å². The maximum atomic E-state index is 9.92. The lowest BCUT2D eigenvalue weighted by Gasteiger charge is -2.16. The highest BCUT2D eigenvalue weighted by Gasteiger charge is 2.15. The maximum absolute atomic E-state index is 9.92. The van der Waals surface area contributed by atoms with E-state index in [0.29, 0.717) is 76.3 Å². The number of hydrogen-bond acceptors (Lipinski definition) is 6. The quantitative estimate of drug-likeness (QED) is 0.362. The number of benzene rings is 4. The van der Waals surface area contributed by atoms with Crippen LogP contribution in [0, 0.1) is 11.3 Å². The SMILES string of the molecule is N#Cc1c2ccccc2c(Cc2ccc3c(c2)OCCOCCOCCOCCO3)c2ccccc12. The molecule has 0 aliphatic carbocycles.